The van der Waals surface area contributed by atoms with Crippen molar-refractivity contribution in [2.45, 2.75) is 25.4 Å². The van der Waals surface area contributed by atoms with Crippen LogP contribution in [-0.2, 0) is 9.53 Å². The summed E-state index contributed by atoms with van der Waals surface area (Å²) in [4.78, 5) is 10.8. The summed E-state index contributed by atoms with van der Waals surface area (Å²) in [6.07, 6.45) is 3.32. The van der Waals surface area contributed by atoms with Gasteiger partial charge in [-0.1, -0.05) is 22.6 Å². The molecule has 0 aromatic carbocycles. The van der Waals surface area contributed by atoms with Gasteiger partial charge in [-0.15, -0.1) is 0 Å². The molecular weight excluding hydrogens is 243 g/mol. The topological polar surface area (TPSA) is 26.3 Å². The monoisotopic (exact) mass is 252 g/mol. The smallest absolute Gasteiger partial charge is 0.306 e. The van der Waals surface area contributed by atoms with E-state index in [0.29, 0.717) is 11.8 Å². The first-order valence-corrected chi connectivity index (χ1v) is 5.05. The highest BCUT2D eigenvalue weighted by atomic mass is 127. The molecule has 1 spiro atoms. The van der Waals surface area contributed by atoms with Gasteiger partial charge >= 0.3 is 5.97 Å². The van der Waals surface area contributed by atoms with Crippen LogP contribution in [0.15, 0.2) is 0 Å². The summed E-state index contributed by atoms with van der Waals surface area (Å²) in [7, 11) is 0. The highest BCUT2D eigenvalue weighted by Gasteiger charge is 2.56. The molecule has 1 unspecified atom stereocenters. The van der Waals surface area contributed by atoms with Crippen LogP contribution in [0.3, 0.4) is 0 Å². The lowest BCUT2D eigenvalue weighted by molar-refractivity contribution is -0.140. The molecule has 56 valence electrons. The van der Waals surface area contributed by atoms with Gasteiger partial charge in [-0.2, -0.15) is 0 Å². The highest BCUT2D eigenvalue weighted by Crippen LogP contribution is 2.56. The number of cyclic esters (lactones) is 1. The maximum Gasteiger partial charge on any atom is 0.306 e. The molecule has 1 aliphatic carbocycles. The number of carbonyl (C=O) groups is 1. The van der Waals surface area contributed by atoms with Crippen LogP contribution >= 0.6 is 22.6 Å². The molecule has 0 aromatic heterocycles. The molecule has 0 bridgehead atoms. The van der Waals surface area contributed by atoms with Crippen molar-refractivity contribution < 1.29 is 9.53 Å². The van der Waals surface area contributed by atoms with Gasteiger partial charge in [-0.3, -0.25) is 4.79 Å². The SMILES string of the molecule is O=C1CC2(CC2)C(CI)O1. The second-order valence-electron chi connectivity index (χ2n) is 3.17. The van der Waals surface area contributed by atoms with Gasteiger partial charge in [0.25, 0.3) is 0 Å². The third kappa shape index (κ3) is 0.863. The Hall–Kier alpha value is 0.200. The van der Waals surface area contributed by atoms with Crippen LogP contribution in [0, 0.1) is 5.41 Å². The van der Waals surface area contributed by atoms with Gasteiger partial charge in [0.15, 0.2) is 0 Å². The molecular formula is C7H9IO2. The van der Waals surface area contributed by atoms with Crippen LogP contribution < -0.4 is 0 Å². The Morgan fingerprint density at radius 3 is 2.80 bits per heavy atom. The Bertz CT molecular complexity index is 174. The van der Waals surface area contributed by atoms with Crippen molar-refractivity contribution in [2.24, 2.45) is 5.41 Å². The molecule has 1 saturated carbocycles. The summed E-state index contributed by atoms with van der Waals surface area (Å²) in [6.45, 7) is 0. The summed E-state index contributed by atoms with van der Waals surface area (Å²) < 4.78 is 6.10. The third-order valence-corrected chi connectivity index (χ3v) is 3.29. The number of halogens is 1. The Morgan fingerprint density at radius 2 is 2.40 bits per heavy atom. The van der Waals surface area contributed by atoms with E-state index in [-0.39, 0.29) is 12.1 Å². The van der Waals surface area contributed by atoms with Gasteiger partial charge in [-0.25, -0.2) is 0 Å². The zero-order valence-electron chi connectivity index (χ0n) is 5.60. The molecule has 3 heteroatoms. The van der Waals surface area contributed by atoms with Crippen LogP contribution in [0.5, 0.6) is 0 Å². The standard InChI is InChI=1S/C7H9IO2/c8-4-5-7(1-2-7)3-6(9)10-5/h5H,1-4H2. The Labute approximate surface area is 73.5 Å². The summed E-state index contributed by atoms with van der Waals surface area (Å²) in [6, 6.07) is 0. The van der Waals surface area contributed by atoms with Crippen LogP contribution in [0.25, 0.3) is 0 Å². The zero-order valence-corrected chi connectivity index (χ0v) is 7.76. The number of ether oxygens (including phenoxy) is 1. The molecule has 1 heterocycles. The van der Waals surface area contributed by atoms with Crippen LogP contribution in [-0.4, -0.2) is 16.5 Å². The average molecular weight is 252 g/mol. The van der Waals surface area contributed by atoms with Crippen molar-refractivity contribution in [1.29, 1.82) is 0 Å². The minimum absolute atomic E-state index is 0.0131. The average Bonchev–Trinajstić information content (AvgIpc) is 2.55. The van der Waals surface area contributed by atoms with E-state index in [9.17, 15) is 4.79 Å². The molecule has 0 aromatic rings. The summed E-state index contributed by atoms with van der Waals surface area (Å²) >= 11 is 2.29. The zero-order chi connectivity index (χ0) is 7.19. The lowest BCUT2D eigenvalue weighted by atomic mass is 10.00. The number of alkyl halides is 1. The molecule has 2 aliphatic rings. The number of esters is 1. The van der Waals surface area contributed by atoms with Crippen molar-refractivity contribution in [3.63, 3.8) is 0 Å². The third-order valence-electron chi connectivity index (χ3n) is 2.49. The Kier molecular flexibility index (Phi) is 1.44. The van der Waals surface area contributed by atoms with Crippen molar-refractivity contribution in [3.8, 4) is 0 Å². The van der Waals surface area contributed by atoms with Gasteiger partial charge in [-0.05, 0) is 12.8 Å². The molecule has 0 radical (unpaired) electrons. The molecule has 10 heavy (non-hydrogen) atoms. The van der Waals surface area contributed by atoms with Gasteiger partial charge in [0.05, 0.1) is 6.42 Å². The lowest BCUT2D eigenvalue weighted by Crippen LogP contribution is -2.18. The number of hydrogen-bond donors (Lipinski definition) is 0. The summed E-state index contributed by atoms with van der Waals surface area (Å²) in [5.74, 6) is 0.0131. The van der Waals surface area contributed by atoms with E-state index in [1.165, 1.54) is 12.8 Å². The quantitative estimate of drug-likeness (QED) is 0.401. The van der Waals surface area contributed by atoms with Crippen molar-refractivity contribution in [2.75, 3.05) is 4.43 Å². The first-order chi connectivity index (χ1) is 4.77. The van der Waals surface area contributed by atoms with Crippen LogP contribution in [0.1, 0.15) is 19.3 Å². The first kappa shape index (κ1) is 6.88. The van der Waals surface area contributed by atoms with Crippen molar-refractivity contribution >= 4 is 28.6 Å². The lowest BCUT2D eigenvalue weighted by Gasteiger charge is -2.11. The number of carbonyl (C=O) groups excluding carboxylic acids is 1. The predicted octanol–water partition coefficient (Wildman–Crippen LogP) is 1.52. The van der Waals surface area contributed by atoms with E-state index in [1.54, 1.807) is 0 Å². The largest absolute Gasteiger partial charge is 0.461 e. The Morgan fingerprint density at radius 1 is 1.70 bits per heavy atom. The van der Waals surface area contributed by atoms with E-state index in [1.807, 2.05) is 0 Å². The highest BCUT2D eigenvalue weighted by molar-refractivity contribution is 14.1. The normalized spacial score (nSPS) is 34.5. The van der Waals surface area contributed by atoms with Gasteiger partial charge in [0.2, 0.25) is 0 Å². The van der Waals surface area contributed by atoms with E-state index in [0.717, 1.165) is 4.43 Å². The molecule has 0 N–H and O–H groups in total. The van der Waals surface area contributed by atoms with Crippen molar-refractivity contribution in [3.05, 3.63) is 0 Å². The number of rotatable bonds is 1. The van der Waals surface area contributed by atoms with Crippen LogP contribution in [0.4, 0.5) is 0 Å². The number of hydrogen-bond acceptors (Lipinski definition) is 2. The molecule has 2 rings (SSSR count). The molecule has 2 fully saturated rings. The van der Waals surface area contributed by atoms with E-state index in [4.69, 9.17) is 4.74 Å². The second-order valence-corrected chi connectivity index (χ2v) is 4.05. The fourth-order valence-corrected chi connectivity index (χ4v) is 2.70. The van der Waals surface area contributed by atoms with Gasteiger partial charge < -0.3 is 4.74 Å². The van der Waals surface area contributed by atoms with Crippen LogP contribution in [0.2, 0.25) is 0 Å². The maximum absolute atomic E-state index is 10.8. The van der Waals surface area contributed by atoms with E-state index in [2.05, 4.69) is 22.6 Å². The summed E-state index contributed by atoms with van der Waals surface area (Å²) in [5, 5.41) is 0. The van der Waals surface area contributed by atoms with E-state index >= 15 is 0 Å². The maximum atomic E-state index is 10.8. The fourth-order valence-electron chi connectivity index (χ4n) is 1.58. The summed E-state index contributed by atoms with van der Waals surface area (Å²) in [5.41, 5.74) is 0.304. The minimum atomic E-state index is 0.0131. The molecule has 1 atom stereocenters. The first-order valence-electron chi connectivity index (χ1n) is 3.52. The van der Waals surface area contributed by atoms with Gasteiger partial charge in [0, 0.05) is 9.84 Å². The predicted molar refractivity (Wildman–Crippen MR) is 45.1 cm³/mol. The Balaban J connectivity index is 2.13. The fraction of sp³-hybridized carbons (Fsp3) is 0.857. The van der Waals surface area contributed by atoms with Crippen molar-refractivity contribution in [1.82, 2.24) is 0 Å². The second kappa shape index (κ2) is 2.09. The van der Waals surface area contributed by atoms with E-state index < -0.39 is 0 Å². The minimum Gasteiger partial charge on any atom is -0.461 e. The van der Waals surface area contributed by atoms with Gasteiger partial charge in [0.1, 0.15) is 6.10 Å². The molecule has 0 amide bonds. The molecule has 2 nitrogen and oxygen atoms in total. The molecule has 1 saturated heterocycles. The molecule has 1 aliphatic heterocycles.